The van der Waals surface area contributed by atoms with Crippen molar-refractivity contribution in [2.45, 2.75) is 0 Å². The second-order valence-electron chi connectivity index (χ2n) is 6.17. The van der Waals surface area contributed by atoms with Crippen molar-refractivity contribution in [3.8, 4) is 0 Å². The molecule has 0 aromatic rings. The van der Waals surface area contributed by atoms with Gasteiger partial charge in [-0.3, -0.25) is 9.80 Å². The van der Waals surface area contributed by atoms with Crippen LogP contribution in [0.3, 0.4) is 0 Å². The van der Waals surface area contributed by atoms with E-state index in [4.69, 9.17) is 18.9 Å². The monoisotopic (exact) mass is 452 g/mol. The molecule has 0 spiro atoms. The van der Waals surface area contributed by atoms with Gasteiger partial charge in [0.25, 0.3) is 0 Å². The van der Waals surface area contributed by atoms with E-state index in [0.29, 0.717) is 39.3 Å². The van der Waals surface area contributed by atoms with Crippen LogP contribution in [0.2, 0.25) is 0 Å². The summed E-state index contributed by atoms with van der Waals surface area (Å²) in [6.45, 7) is 16.5. The third kappa shape index (κ3) is 15.6. The van der Waals surface area contributed by atoms with Crippen molar-refractivity contribution in [1.82, 2.24) is 9.80 Å². The minimum absolute atomic E-state index is 0.133. The number of hydrogen-bond acceptors (Lipinski definition) is 10. The maximum atomic E-state index is 11.3. The van der Waals surface area contributed by atoms with E-state index in [0.717, 1.165) is 24.3 Å². The first-order valence-electron chi connectivity index (χ1n) is 9.97. The Hall–Kier alpha value is -3.24. The third-order valence-corrected chi connectivity index (χ3v) is 4.01. The highest BCUT2D eigenvalue weighted by molar-refractivity contribution is 5.82. The smallest absolute Gasteiger partial charge is 0.330 e. The van der Waals surface area contributed by atoms with Crippen LogP contribution >= 0.6 is 0 Å². The summed E-state index contributed by atoms with van der Waals surface area (Å²) in [6.07, 6.45) is 4.31. The summed E-state index contributed by atoms with van der Waals surface area (Å²) >= 11 is 0. The van der Waals surface area contributed by atoms with Gasteiger partial charge in [0.05, 0.1) is 0 Å². The molecule has 0 fully saturated rings. The van der Waals surface area contributed by atoms with Gasteiger partial charge in [-0.2, -0.15) is 0 Å². The Labute approximate surface area is 188 Å². The topological polar surface area (TPSA) is 112 Å². The fourth-order valence-electron chi connectivity index (χ4n) is 2.29. The van der Waals surface area contributed by atoms with Crippen LogP contribution in [0.4, 0.5) is 0 Å². The minimum atomic E-state index is -0.530. The summed E-state index contributed by atoms with van der Waals surface area (Å²) in [7, 11) is 0. The molecule has 0 amide bonds. The van der Waals surface area contributed by atoms with Gasteiger partial charge >= 0.3 is 23.9 Å². The average Bonchev–Trinajstić information content (AvgIpc) is 2.80. The summed E-state index contributed by atoms with van der Waals surface area (Å²) in [5, 5.41) is 0. The summed E-state index contributed by atoms with van der Waals surface area (Å²) in [5.74, 6) is -2.12. The van der Waals surface area contributed by atoms with Crippen LogP contribution in [0, 0.1) is 0 Å². The molecule has 0 heterocycles. The maximum Gasteiger partial charge on any atom is 0.330 e. The molecule has 32 heavy (non-hydrogen) atoms. The standard InChI is InChI=1S/C22H32N2O8/c1-5-19(25)29-15-11-23(12-16-30-20(26)6-2)9-10-24(13-17-31-21(27)7-3)14-18-32-22(28)8-4/h5-8H,1-4,9-18H2. The lowest BCUT2D eigenvalue weighted by Crippen LogP contribution is -2.41. The highest BCUT2D eigenvalue weighted by Gasteiger charge is 2.12. The highest BCUT2D eigenvalue weighted by atomic mass is 16.5. The van der Waals surface area contributed by atoms with Crippen LogP contribution in [0.25, 0.3) is 0 Å². The van der Waals surface area contributed by atoms with E-state index < -0.39 is 23.9 Å². The molecule has 0 saturated heterocycles. The van der Waals surface area contributed by atoms with Crippen LogP contribution in [-0.4, -0.2) is 99.4 Å². The Balaban J connectivity index is 4.81. The lowest BCUT2D eigenvalue weighted by molar-refractivity contribution is -0.140. The van der Waals surface area contributed by atoms with E-state index in [1.165, 1.54) is 0 Å². The largest absolute Gasteiger partial charge is 0.461 e. The molecule has 0 aliphatic carbocycles. The van der Waals surface area contributed by atoms with Gasteiger partial charge in [0.1, 0.15) is 26.4 Å². The number of hydrogen-bond donors (Lipinski definition) is 0. The van der Waals surface area contributed by atoms with Gasteiger partial charge in [-0.15, -0.1) is 0 Å². The second-order valence-corrected chi connectivity index (χ2v) is 6.17. The van der Waals surface area contributed by atoms with E-state index in [2.05, 4.69) is 26.3 Å². The molecule has 0 bridgehead atoms. The molecular weight excluding hydrogens is 420 g/mol. The molecule has 0 aliphatic rings. The molecule has 0 aliphatic heterocycles. The van der Waals surface area contributed by atoms with Gasteiger partial charge in [-0.25, -0.2) is 19.2 Å². The van der Waals surface area contributed by atoms with Crippen molar-refractivity contribution in [3.05, 3.63) is 50.6 Å². The van der Waals surface area contributed by atoms with Gasteiger partial charge < -0.3 is 18.9 Å². The summed E-state index contributed by atoms with van der Waals surface area (Å²) in [5.41, 5.74) is 0. The van der Waals surface area contributed by atoms with E-state index in [9.17, 15) is 19.2 Å². The summed E-state index contributed by atoms with van der Waals surface area (Å²) < 4.78 is 20.1. The Morgan fingerprint density at radius 3 is 0.875 bits per heavy atom. The Morgan fingerprint density at radius 2 is 0.688 bits per heavy atom. The minimum Gasteiger partial charge on any atom is -0.461 e. The van der Waals surface area contributed by atoms with Crippen molar-refractivity contribution < 1.29 is 38.1 Å². The average molecular weight is 453 g/mol. The zero-order valence-corrected chi connectivity index (χ0v) is 18.4. The van der Waals surface area contributed by atoms with Crippen molar-refractivity contribution in [1.29, 1.82) is 0 Å². The van der Waals surface area contributed by atoms with Crippen LogP contribution in [-0.2, 0) is 38.1 Å². The number of ether oxygens (including phenoxy) is 4. The molecule has 0 aromatic carbocycles. The van der Waals surface area contributed by atoms with Crippen LogP contribution in [0.5, 0.6) is 0 Å². The van der Waals surface area contributed by atoms with Gasteiger partial charge in [-0.05, 0) is 0 Å². The molecule has 0 N–H and O–H groups in total. The molecule has 0 unspecified atom stereocenters. The van der Waals surface area contributed by atoms with Crippen molar-refractivity contribution >= 4 is 23.9 Å². The van der Waals surface area contributed by atoms with Crippen LogP contribution in [0.15, 0.2) is 50.6 Å². The first-order chi connectivity index (χ1) is 15.4. The lowest BCUT2D eigenvalue weighted by atomic mass is 10.4. The number of esters is 4. The molecule has 0 saturated carbocycles. The fraction of sp³-hybridized carbons (Fsp3) is 0.455. The van der Waals surface area contributed by atoms with E-state index >= 15 is 0 Å². The SMILES string of the molecule is C=CC(=O)OCCN(CCOC(=O)C=C)CCN(CCOC(=O)C=C)CCOC(=O)C=C. The molecule has 178 valence electrons. The summed E-state index contributed by atoms with van der Waals surface area (Å²) in [4.78, 5) is 48.9. The van der Waals surface area contributed by atoms with E-state index in [1.54, 1.807) is 0 Å². The Bertz CT molecular complexity index is 554. The molecule has 10 nitrogen and oxygen atoms in total. The van der Waals surface area contributed by atoms with Crippen LogP contribution in [0.1, 0.15) is 0 Å². The molecule has 10 heteroatoms. The molecule has 0 rings (SSSR count). The fourth-order valence-corrected chi connectivity index (χ4v) is 2.29. The summed E-state index contributed by atoms with van der Waals surface area (Å²) in [6, 6.07) is 0. The zero-order valence-electron chi connectivity index (χ0n) is 18.4. The van der Waals surface area contributed by atoms with Gasteiger partial charge in [-0.1, -0.05) is 26.3 Å². The zero-order chi connectivity index (χ0) is 24.2. The van der Waals surface area contributed by atoms with Gasteiger partial charge in [0.15, 0.2) is 0 Å². The number of carbonyl (C=O) groups is 4. The van der Waals surface area contributed by atoms with Gasteiger partial charge in [0.2, 0.25) is 0 Å². The Kier molecular flexibility index (Phi) is 16.6. The predicted molar refractivity (Wildman–Crippen MR) is 118 cm³/mol. The number of rotatable bonds is 19. The number of nitrogens with zero attached hydrogens (tertiary/aromatic N) is 2. The van der Waals surface area contributed by atoms with Crippen molar-refractivity contribution in [2.24, 2.45) is 0 Å². The molecular formula is C22H32N2O8. The third-order valence-electron chi connectivity index (χ3n) is 4.01. The maximum absolute atomic E-state index is 11.3. The quantitative estimate of drug-likeness (QED) is 0.156. The predicted octanol–water partition coefficient (Wildman–Crippen LogP) is 0.507. The molecule has 0 atom stereocenters. The Morgan fingerprint density at radius 1 is 0.469 bits per heavy atom. The molecule has 0 radical (unpaired) electrons. The van der Waals surface area contributed by atoms with Crippen molar-refractivity contribution in [3.63, 3.8) is 0 Å². The van der Waals surface area contributed by atoms with E-state index in [-0.39, 0.29) is 26.4 Å². The van der Waals surface area contributed by atoms with E-state index in [1.807, 2.05) is 9.80 Å². The van der Waals surface area contributed by atoms with Gasteiger partial charge in [0, 0.05) is 63.6 Å². The highest BCUT2D eigenvalue weighted by Crippen LogP contribution is 1.97. The number of carbonyl (C=O) groups excluding carboxylic acids is 4. The first kappa shape index (κ1) is 28.8. The van der Waals surface area contributed by atoms with Crippen molar-refractivity contribution in [2.75, 3.05) is 65.7 Å². The molecule has 0 aromatic heterocycles. The van der Waals surface area contributed by atoms with Crippen LogP contribution < -0.4 is 0 Å². The lowest BCUT2D eigenvalue weighted by Gasteiger charge is -2.27. The second kappa shape index (κ2) is 18.5. The normalized spacial score (nSPS) is 10.2. The first-order valence-corrected chi connectivity index (χ1v) is 9.97.